The summed E-state index contributed by atoms with van der Waals surface area (Å²) in [4.78, 5) is 24.1. The molecule has 1 aliphatic rings. The predicted octanol–water partition coefficient (Wildman–Crippen LogP) is 5.44. The van der Waals surface area contributed by atoms with Crippen molar-refractivity contribution in [3.8, 4) is 0 Å². The molecule has 1 fully saturated rings. The molecular weight excluding hydrogens is 514 g/mol. The summed E-state index contributed by atoms with van der Waals surface area (Å²) in [5, 5.41) is 17.8. The van der Waals surface area contributed by atoms with Crippen molar-refractivity contribution in [2.45, 2.75) is 102 Å². The maximum absolute atomic E-state index is 13.9. The number of ether oxygens (including phenoxy) is 1. The molecule has 0 aromatic heterocycles. The third kappa shape index (κ3) is 9.10. The summed E-state index contributed by atoms with van der Waals surface area (Å²) >= 11 is 0. The van der Waals surface area contributed by atoms with E-state index in [1.807, 2.05) is 0 Å². The molecule has 1 unspecified atom stereocenters. The lowest BCUT2D eigenvalue weighted by molar-refractivity contribution is -0.140. The Hall–Kier alpha value is -2.84. The first kappa shape index (κ1) is 31.7. The van der Waals surface area contributed by atoms with E-state index in [9.17, 15) is 23.5 Å². The molecular formula is C32H44F2N2O4. The van der Waals surface area contributed by atoms with Crippen LogP contribution in [0.2, 0.25) is 0 Å². The highest BCUT2D eigenvalue weighted by Crippen LogP contribution is 2.38. The number of aliphatic hydroxyl groups is 1. The summed E-state index contributed by atoms with van der Waals surface area (Å²) in [5.74, 6) is -2.19. The second-order valence-corrected chi connectivity index (χ2v) is 12.0. The van der Waals surface area contributed by atoms with Crippen molar-refractivity contribution in [1.29, 1.82) is 0 Å². The summed E-state index contributed by atoms with van der Waals surface area (Å²) in [6.07, 6.45) is 4.60. The quantitative estimate of drug-likeness (QED) is 0.302. The summed E-state index contributed by atoms with van der Waals surface area (Å²) < 4.78 is 32.5. The molecule has 40 heavy (non-hydrogen) atoms. The maximum atomic E-state index is 13.9. The van der Waals surface area contributed by atoms with Crippen molar-refractivity contribution in [3.63, 3.8) is 0 Å². The number of carbonyl (C=O) groups is 2. The largest absolute Gasteiger partial charge is 0.469 e. The van der Waals surface area contributed by atoms with Gasteiger partial charge in [0.2, 0.25) is 5.91 Å². The van der Waals surface area contributed by atoms with E-state index in [1.54, 1.807) is 0 Å². The summed E-state index contributed by atoms with van der Waals surface area (Å²) in [7, 11) is 1.29. The molecule has 2 aromatic rings. The van der Waals surface area contributed by atoms with Gasteiger partial charge in [0.1, 0.15) is 11.6 Å². The molecule has 0 saturated heterocycles. The molecule has 2 atom stereocenters. The molecule has 0 spiro atoms. The number of hydrogen-bond acceptors (Lipinski definition) is 5. The van der Waals surface area contributed by atoms with Crippen molar-refractivity contribution in [1.82, 2.24) is 10.6 Å². The van der Waals surface area contributed by atoms with E-state index in [-0.39, 0.29) is 42.7 Å². The monoisotopic (exact) mass is 558 g/mol. The smallest absolute Gasteiger partial charge is 0.305 e. The number of carbonyl (C=O) groups excluding carboxylic acids is 2. The maximum Gasteiger partial charge on any atom is 0.305 e. The zero-order chi connectivity index (χ0) is 29.3. The molecule has 0 heterocycles. The Morgan fingerprint density at radius 2 is 1.70 bits per heavy atom. The number of hydrogen-bond donors (Lipinski definition) is 3. The Morgan fingerprint density at radius 1 is 1.02 bits per heavy atom. The number of amides is 1. The Bertz CT molecular complexity index is 1120. The first-order valence-corrected chi connectivity index (χ1v) is 14.3. The Balaban J connectivity index is 1.79. The van der Waals surface area contributed by atoms with E-state index in [4.69, 9.17) is 0 Å². The van der Waals surface area contributed by atoms with Gasteiger partial charge in [-0.05, 0) is 59.9 Å². The lowest BCUT2D eigenvalue weighted by Crippen LogP contribution is -2.53. The lowest BCUT2D eigenvalue weighted by Gasteiger charge is -2.41. The summed E-state index contributed by atoms with van der Waals surface area (Å²) in [6, 6.07) is 11.0. The van der Waals surface area contributed by atoms with Gasteiger partial charge in [-0.3, -0.25) is 9.59 Å². The minimum Gasteiger partial charge on any atom is -0.469 e. The van der Waals surface area contributed by atoms with Gasteiger partial charge in [-0.25, -0.2) is 8.78 Å². The molecule has 1 amide bonds. The van der Waals surface area contributed by atoms with Crippen LogP contribution >= 0.6 is 0 Å². The van der Waals surface area contributed by atoms with E-state index >= 15 is 0 Å². The van der Waals surface area contributed by atoms with Gasteiger partial charge in [0.05, 0.1) is 19.3 Å². The van der Waals surface area contributed by atoms with Crippen LogP contribution in [0, 0.1) is 11.6 Å². The van der Waals surface area contributed by atoms with Crippen LogP contribution in [0.5, 0.6) is 0 Å². The number of benzene rings is 2. The molecule has 3 N–H and O–H groups in total. The summed E-state index contributed by atoms with van der Waals surface area (Å²) in [6.45, 7) is 6.74. The molecule has 0 bridgehead atoms. The highest BCUT2D eigenvalue weighted by Gasteiger charge is 2.35. The van der Waals surface area contributed by atoms with Crippen molar-refractivity contribution in [2.24, 2.45) is 0 Å². The van der Waals surface area contributed by atoms with Crippen LogP contribution in [0.15, 0.2) is 42.5 Å². The molecule has 3 rings (SSSR count). The minimum atomic E-state index is -1.03. The number of rotatable bonds is 12. The highest BCUT2D eigenvalue weighted by molar-refractivity contribution is 5.77. The van der Waals surface area contributed by atoms with Crippen LogP contribution in [0.3, 0.4) is 0 Å². The van der Waals surface area contributed by atoms with Crippen molar-refractivity contribution < 1.29 is 28.2 Å². The fraction of sp³-hybridized carbons (Fsp3) is 0.562. The molecule has 0 radical (unpaired) electrons. The first-order valence-electron chi connectivity index (χ1n) is 14.3. The fourth-order valence-electron chi connectivity index (χ4n) is 5.49. The van der Waals surface area contributed by atoms with E-state index in [0.29, 0.717) is 12.0 Å². The second-order valence-electron chi connectivity index (χ2n) is 12.0. The van der Waals surface area contributed by atoms with Gasteiger partial charge in [-0.2, -0.15) is 0 Å². The van der Waals surface area contributed by atoms with Gasteiger partial charge in [-0.1, -0.05) is 64.3 Å². The average Bonchev–Trinajstić information content (AvgIpc) is 2.91. The van der Waals surface area contributed by atoms with Gasteiger partial charge >= 0.3 is 5.97 Å². The zero-order valence-corrected chi connectivity index (χ0v) is 24.2. The third-order valence-electron chi connectivity index (χ3n) is 7.84. The van der Waals surface area contributed by atoms with E-state index in [1.165, 1.54) is 30.4 Å². The minimum absolute atomic E-state index is 0.00510. The van der Waals surface area contributed by atoms with E-state index < -0.39 is 29.7 Å². The van der Waals surface area contributed by atoms with Crippen LogP contribution < -0.4 is 10.6 Å². The third-order valence-corrected chi connectivity index (χ3v) is 7.84. The SMILES string of the molecule is COC(=O)CCCC(=O)NC(Cc1cc(F)cc(F)c1)[C@H](O)CNC1(c2cccc(C(C)(C)C)c2)CCCCC1. The lowest BCUT2D eigenvalue weighted by atomic mass is 9.74. The second kappa shape index (κ2) is 14.2. The number of methoxy groups -OCH3 is 1. The van der Waals surface area contributed by atoms with Gasteiger partial charge in [0.25, 0.3) is 0 Å². The molecule has 8 heteroatoms. The van der Waals surface area contributed by atoms with Crippen molar-refractivity contribution in [2.75, 3.05) is 13.7 Å². The van der Waals surface area contributed by atoms with Crippen molar-refractivity contribution >= 4 is 11.9 Å². The molecule has 220 valence electrons. The molecule has 1 saturated carbocycles. The normalized spacial score (nSPS) is 16.7. The number of nitrogens with one attached hydrogen (secondary N) is 2. The zero-order valence-electron chi connectivity index (χ0n) is 24.2. The van der Waals surface area contributed by atoms with Crippen LogP contribution in [-0.2, 0) is 31.7 Å². The highest BCUT2D eigenvalue weighted by atomic mass is 19.1. The molecule has 6 nitrogen and oxygen atoms in total. The molecule has 0 aliphatic heterocycles. The van der Waals surface area contributed by atoms with Crippen LogP contribution in [0.1, 0.15) is 88.8 Å². The van der Waals surface area contributed by atoms with E-state index in [2.05, 4.69) is 60.4 Å². The van der Waals surface area contributed by atoms with Crippen LogP contribution in [0.4, 0.5) is 8.78 Å². The van der Waals surface area contributed by atoms with Crippen LogP contribution in [0.25, 0.3) is 0 Å². The van der Waals surface area contributed by atoms with Crippen LogP contribution in [-0.4, -0.2) is 42.8 Å². The number of esters is 1. The first-order chi connectivity index (χ1) is 18.9. The fourth-order valence-corrected chi connectivity index (χ4v) is 5.49. The number of aliphatic hydroxyl groups excluding tert-OH is 1. The topological polar surface area (TPSA) is 87.7 Å². The van der Waals surface area contributed by atoms with Gasteiger partial charge < -0.3 is 20.5 Å². The Morgan fingerprint density at radius 3 is 2.33 bits per heavy atom. The van der Waals surface area contributed by atoms with E-state index in [0.717, 1.165) is 38.2 Å². The molecule has 1 aliphatic carbocycles. The standard InChI is InChI=1S/C32H44F2N2O4/c1-31(2,3)23-10-8-11-24(19-23)32(14-6-5-7-15-32)35-21-28(37)27(18-22-16-25(33)20-26(34)17-22)36-29(38)12-9-13-30(39)40-4/h8,10-11,16-17,19-20,27-28,35,37H,5-7,9,12-15,18,21H2,1-4H3,(H,36,38)/t27?,28-/m1/s1. The van der Waals surface area contributed by atoms with Gasteiger partial charge in [-0.15, -0.1) is 0 Å². The Labute approximate surface area is 236 Å². The average molecular weight is 559 g/mol. The van der Waals surface area contributed by atoms with Gasteiger partial charge in [0.15, 0.2) is 0 Å². The molecule has 2 aromatic carbocycles. The number of halogens is 2. The van der Waals surface area contributed by atoms with Crippen molar-refractivity contribution in [3.05, 3.63) is 70.8 Å². The van der Waals surface area contributed by atoms with Gasteiger partial charge in [0, 0.05) is 31.0 Å². The Kier molecular flexibility index (Phi) is 11.2. The predicted molar refractivity (Wildman–Crippen MR) is 152 cm³/mol. The summed E-state index contributed by atoms with van der Waals surface area (Å²) in [5.41, 5.74) is 2.43.